The third kappa shape index (κ3) is 2.22. The van der Waals surface area contributed by atoms with Crippen LogP contribution in [0.4, 0.5) is 0 Å². The first-order chi connectivity index (χ1) is 9.56. The summed E-state index contributed by atoms with van der Waals surface area (Å²) in [6.45, 7) is 4.14. The first-order valence-corrected chi connectivity index (χ1v) is 7.12. The number of hydrogen-bond acceptors (Lipinski definition) is 3. The monoisotopic (exact) mass is 270 g/mol. The number of benzene rings is 1. The van der Waals surface area contributed by atoms with Crippen LogP contribution < -0.4 is 0 Å². The van der Waals surface area contributed by atoms with Crippen LogP contribution in [-0.4, -0.2) is 35.3 Å². The first kappa shape index (κ1) is 14.7. The van der Waals surface area contributed by atoms with Gasteiger partial charge in [0.15, 0.2) is 5.78 Å². The van der Waals surface area contributed by atoms with E-state index in [1.54, 1.807) is 6.20 Å². The number of aromatic nitrogens is 1. The van der Waals surface area contributed by atoms with Crippen molar-refractivity contribution < 1.29 is 4.79 Å². The maximum absolute atomic E-state index is 13.1. The Labute approximate surface area is 120 Å². The Bertz CT molecular complexity index is 610. The number of ketones is 1. The fourth-order valence-corrected chi connectivity index (χ4v) is 2.94. The van der Waals surface area contributed by atoms with Crippen molar-refractivity contribution in [3.8, 4) is 0 Å². The minimum Gasteiger partial charge on any atom is -0.297 e. The lowest BCUT2D eigenvalue weighted by Gasteiger charge is -2.37. The lowest BCUT2D eigenvalue weighted by Crippen LogP contribution is -2.50. The lowest BCUT2D eigenvalue weighted by molar-refractivity contribution is 0.0658. The van der Waals surface area contributed by atoms with Crippen molar-refractivity contribution in [1.29, 1.82) is 0 Å². The van der Waals surface area contributed by atoms with E-state index in [0.717, 1.165) is 29.3 Å². The second kappa shape index (κ2) is 5.71. The molecule has 0 radical (unpaired) electrons. The molecule has 0 unspecified atom stereocenters. The molecule has 0 spiro atoms. The molecule has 2 aromatic rings. The molecule has 3 nitrogen and oxygen atoms in total. The van der Waals surface area contributed by atoms with E-state index in [2.05, 4.69) is 18.8 Å². The quantitative estimate of drug-likeness (QED) is 0.779. The standard InChI is InChI=1S/C17H22N2O/c1-5-17(6-2,19(3)4)16(20)14-11-7-9-13-10-8-12-18-15(13)14/h7-12H,5-6H2,1-4H3. The number of rotatable bonds is 5. The van der Waals surface area contributed by atoms with Crippen LogP contribution in [0.15, 0.2) is 36.5 Å². The van der Waals surface area contributed by atoms with Gasteiger partial charge in [-0.25, -0.2) is 0 Å². The molecule has 0 amide bonds. The summed E-state index contributed by atoms with van der Waals surface area (Å²) in [6, 6.07) is 9.71. The maximum Gasteiger partial charge on any atom is 0.185 e. The Hall–Kier alpha value is -1.74. The summed E-state index contributed by atoms with van der Waals surface area (Å²) in [6.07, 6.45) is 3.32. The Morgan fingerprint density at radius 3 is 2.40 bits per heavy atom. The molecule has 0 atom stereocenters. The van der Waals surface area contributed by atoms with Crippen LogP contribution in [0.3, 0.4) is 0 Å². The topological polar surface area (TPSA) is 33.2 Å². The van der Waals surface area contributed by atoms with Crippen molar-refractivity contribution in [1.82, 2.24) is 9.88 Å². The van der Waals surface area contributed by atoms with E-state index in [-0.39, 0.29) is 5.78 Å². The van der Waals surface area contributed by atoms with E-state index >= 15 is 0 Å². The van der Waals surface area contributed by atoms with E-state index in [1.807, 2.05) is 49.3 Å². The zero-order valence-corrected chi connectivity index (χ0v) is 12.7. The lowest BCUT2D eigenvalue weighted by atomic mass is 9.82. The van der Waals surface area contributed by atoms with E-state index < -0.39 is 5.54 Å². The van der Waals surface area contributed by atoms with E-state index in [0.29, 0.717) is 0 Å². The molecule has 0 aliphatic carbocycles. The zero-order valence-electron chi connectivity index (χ0n) is 12.7. The summed E-state index contributed by atoms with van der Waals surface area (Å²) in [5.41, 5.74) is 1.07. The molecule has 0 aliphatic heterocycles. The van der Waals surface area contributed by atoms with Crippen molar-refractivity contribution in [2.75, 3.05) is 14.1 Å². The molecular formula is C17H22N2O. The van der Waals surface area contributed by atoms with Crippen molar-refractivity contribution in [3.63, 3.8) is 0 Å². The summed E-state index contributed by atoms with van der Waals surface area (Å²) in [4.78, 5) is 19.5. The molecule has 0 bridgehead atoms. The largest absolute Gasteiger partial charge is 0.297 e. The number of para-hydroxylation sites is 1. The van der Waals surface area contributed by atoms with Crippen LogP contribution >= 0.6 is 0 Å². The highest BCUT2D eigenvalue weighted by Crippen LogP contribution is 2.29. The summed E-state index contributed by atoms with van der Waals surface area (Å²) < 4.78 is 0. The highest BCUT2D eigenvalue weighted by molar-refractivity contribution is 6.11. The Kier molecular flexibility index (Phi) is 4.19. The average Bonchev–Trinajstić information content (AvgIpc) is 2.48. The van der Waals surface area contributed by atoms with Crippen molar-refractivity contribution >= 4 is 16.7 Å². The van der Waals surface area contributed by atoms with Crippen LogP contribution in [0.2, 0.25) is 0 Å². The number of nitrogens with zero attached hydrogens (tertiary/aromatic N) is 2. The summed E-state index contributed by atoms with van der Waals surface area (Å²) in [5.74, 6) is 0.164. The Morgan fingerprint density at radius 2 is 1.80 bits per heavy atom. The van der Waals surface area contributed by atoms with Gasteiger partial charge in [-0.3, -0.25) is 14.7 Å². The van der Waals surface area contributed by atoms with Crippen molar-refractivity contribution in [3.05, 3.63) is 42.1 Å². The zero-order chi connectivity index (χ0) is 14.8. The van der Waals surface area contributed by atoms with Gasteiger partial charge in [0.2, 0.25) is 0 Å². The van der Waals surface area contributed by atoms with Crippen LogP contribution in [0.1, 0.15) is 37.0 Å². The predicted octanol–water partition coefficient (Wildman–Crippen LogP) is 3.54. The Balaban J connectivity index is 2.61. The van der Waals surface area contributed by atoms with E-state index in [9.17, 15) is 4.79 Å². The van der Waals surface area contributed by atoms with Gasteiger partial charge < -0.3 is 0 Å². The molecule has 0 fully saturated rings. The molecular weight excluding hydrogens is 248 g/mol. The molecule has 0 saturated carbocycles. The molecule has 106 valence electrons. The van der Waals surface area contributed by atoms with Gasteiger partial charge in [0.05, 0.1) is 11.1 Å². The second-order valence-corrected chi connectivity index (χ2v) is 5.34. The van der Waals surface area contributed by atoms with Crippen LogP contribution in [0.25, 0.3) is 10.9 Å². The summed E-state index contributed by atoms with van der Waals surface area (Å²) in [5, 5.41) is 1.01. The molecule has 0 N–H and O–H groups in total. The molecule has 0 aliphatic rings. The first-order valence-electron chi connectivity index (χ1n) is 7.12. The normalized spacial score (nSPS) is 12.1. The summed E-state index contributed by atoms with van der Waals surface area (Å²) in [7, 11) is 3.95. The second-order valence-electron chi connectivity index (χ2n) is 5.34. The smallest absolute Gasteiger partial charge is 0.185 e. The van der Waals surface area contributed by atoms with Crippen LogP contribution in [-0.2, 0) is 0 Å². The van der Waals surface area contributed by atoms with Gasteiger partial charge in [-0.15, -0.1) is 0 Å². The molecule has 1 aromatic carbocycles. The van der Waals surface area contributed by atoms with Gasteiger partial charge in [-0.1, -0.05) is 32.0 Å². The third-order valence-electron chi connectivity index (χ3n) is 4.33. The minimum absolute atomic E-state index is 0.164. The van der Waals surface area contributed by atoms with Gasteiger partial charge in [-0.2, -0.15) is 0 Å². The molecule has 2 rings (SSSR count). The Morgan fingerprint density at radius 1 is 1.15 bits per heavy atom. The molecule has 20 heavy (non-hydrogen) atoms. The van der Waals surface area contributed by atoms with Gasteiger partial charge in [0, 0.05) is 17.1 Å². The van der Waals surface area contributed by atoms with Crippen molar-refractivity contribution in [2.45, 2.75) is 32.2 Å². The average molecular weight is 270 g/mol. The number of carbonyl (C=O) groups excluding carboxylic acids is 1. The van der Waals surface area contributed by atoms with E-state index in [1.165, 1.54) is 0 Å². The minimum atomic E-state index is -0.453. The molecule has 3 heteroatoms. The number of Topliss-reactive ketones (excluding diaryl/α,β-unsaturated/α-hetero) is 1. The number of likely N-dealkylation sites (N-methyl/N-ethyl adjacent to an activating group) is 1. The van der Waals surface area contributed by atoms with Crippen molar-refractivity contribution in [2.24, 2.45) is 0 Å². The highest BCUT2D eigenvalue weighted by atomic mass is 16.1. The highest BCUT2D eigenvalue weighted by Gasteiger charge is 2.38. The number of carbonyl (C=O) groups is 1. The SMILES string of the molecule is CCC(CC)(C(=O)c1cccc2cccnc12)N(C)C. The van der Waals surface area contributed by atoms with Gasteiger partial charge in [0.25, 0.3) is 0 Å². The van der Waals surface area contributed by atoms with Crippen LogP contribution in [0.5, 0.6) is 0 Å². The van der Waals surface area contributed by atoms with Crippen LogP contribution in [0, 0.1) is 0 Å². The summed E-state index contributed by atoms with van der Waals surface area (Å²) >= 11 is 0. The van der Waals surface area contributed by atoms with Gasteiger partial charge in [-0.05, 0) is 39.1 Å². The van der Waals surface area contributed by atoms with Gasteiger partial charge >= 0.3 is 0 Å². The van der Waals surface area contributed by atoms with Gasteiger partial charge in [0.1, 0.15) is 0 Å². The molecule has 1 aromatic heterocycles. The fraction of sp³-hybridized carbons (Fsp3) is 0.412. The number of fused-ring (bicyclic) bond motifs is 1. The number of hydrogen-bond donors (Lipinski definition) is 0. The maximum atomic E-state index is 13.1. The predicted molar refractivity (Wildman–Crippen MR) is 83.1 cm³/mol. The fourth-order valence-electron chi connectivity index (χ4n) is 2.94. The molecule has 0 saturated heterocycles. The molecule has 1 heterocycles. The van der Waals surface area contributed by atoms with E-state index in [4.69, 9.17) is 0 Å². The third-order valence-corrected chi connectivity index (χ3v) is 4.33. The number of pyridine rings is 1.